The highest BCUT2D eigenvalue weighted by atomic mass is 35.5. The van der Waals surface area contributed by atoms with E-state index in [0.717, 1.165) is 37.6 Å². The van der Waals surface area contributed by atoms with E-state index in [9.17, 15) is 4.79 Å². The Morgan fingerprint density at radius 1 is 1.36 bits per heavy atom. The molecule has 0 bridgehead atoms. The van der Waals surface area contributed by atoms with E-state index in [-0.39, 0.29) is 11.9 Å². The van der Waals surface area contributed by atoms with E-state index in [4.69, 9.17) is 21.1 Å². The van der Waals surface area contributed by atoms with Gasteiger partial charge in [-0.15, -0.1) is 11.3 Å². The van der Waals surface area contributed by atoms with E-state index < -0.39 is 0 Å². The molecule has 2 aromatic rings. The summed E-state index contributed by atoms with van der Waals surface area (Å²) in [5, 5.41) is 5.88. The zero-order valence-corrected chi connectivity index (χ0v) is 17.7. The molecule has 1 atom stereocenters. The molecule has 1 aliphatic rings. The van der Waals surface area contributed by atoms with Crippen LogP contribution < -0.4 is 10.1 Å². The largest absolute Gasteiger partial charge is 0.493 e. The van der Waals surface area contributed by atoms with Crippen LogP contribution >= 0.6 is 22.9 Å². The van der Waals surface area contributed by atoms with Gasteiger partial charge in [0.25, 0.3) is 0 Å². The van der Waals surface area contributed by atoms with E-state index in [2.05, 4.69) is 27.7 Å². The lowest BCUT2D eigenvalue weighted by molar-refractivity contribution is -0.121. The third-order valence-corrected chi connectivity index (χ3v) is 6.00. The minimum Gasteiger partial charge on any atom is -0.493 e. The fourth-order valence-corrected chi connectivity index (χ4v) is 4.36. The van der Waals surface area contributed by atoms with Gasteiger partial charge in [-0.05, 0) is 48.6 Å². The van der Waals surface area contributed by atoms with Crippen molar-refractivity contribution >= 4 is 28.8 Å². The smallest absolute Gasteiger partial charge is 0.220 e. The van der Waals surface area contributed by atoms with Crippen LogP contribution in [0.4, 0.5) is 0 Å². The van der Waals surface area contributed by atoms with Crippen molar-refractivity contribution in [1.29, 1.82) is 0 Å². The van der Waals surface area contributed by atoms with E-state index in [1.165, 1.54) is 4.88 Å². The van der Waals surface area contributed by atoms with Crippen molar-refractivity contribution < 1.29 is 14.3 Å². The van der Waals surface area contributed by atoms with Crippen LogP contribution in [0, 0.1) is 6.92 Å². The predicted molar refractivity (Wildman–Crippen MR) is 113 cm³/mol. The quantitative estimate of drug-likeness (QED) is 0.619. The summed E-state index contributed by atoms with van der Waals surface area (Å²) in [7, 11) is 0. The standard InChI is InChI=1S/C21H27ClN2O3S/c1-16-14-17(22)6-7-19(16)27-10-2-5-21(25)23-15-18(20-4-3-13-28-20)24-8-11-26-12-9-24/h3-4,6-7,13-14,18H,2,5,8-12,15H2,1H3,(H,23,25). The molecule has 1 aliphatic heterocycles. The average molecular weight is 423 g/mol. The minimum atomic E-state index is 0.0613. The molecule has 152 valence electrons. The Kier molecular flexibility index (Phi) is 8.15. The molecule has 5 nitrogen and oxygen atoms in total. The number of morpholine rings is 1. The number of nitrogens with zero attached hydrogens (tertiary/aromatic N) is 1. The minimum absolute atomic E-state index is 0.0613. The number of carbonyl (C=O) groups is 1. The third kappa shape index (κ3) is 6.21. The van der Waals surface area contributed by atoms with Crippen molar-refractivity contribution in [2.75, 3.05) is 39.5 Å². The van der Waals surface area contributed by atoms with Crippen LogP contribution in [-0.4, -0.2) is 50.3 Å². The summed E-state index contributed by atoms with van der Waals surface area (Å²) >= 11 is 7.69. The molecule has 3 rings (SSSR count). The first kappa shape index (κ1) is 21.1. The fraction of sp³-hybridized carbons (Fsp3) is 0.476. The Morgan fingerprint density at radius 3 is 2.89 bits per heavy atom. The molecule has 1 amide bonds. The first-order valence-electron chi connectivity index (χ1n) is 9.64. The highest BCUT2D eigenvalue weighted by Crippen LogP contribution is 2.25. The van der Waals surface area contributed by atoms with Gasteiger partial charge >= 0.3 is 0 Å². The van der Waals surface area contributed by atoms with Crippen molar-refractivity contribution in [3.8, 4) is 5.75 Å². The molecular weight excluding hydrogens is 396 g/mol. The van der Waals surface area contributed by atoms with Gasteiger partial charge in [0, 0.05) is 36.0 Å². The van der Waals surface area contributed by atoms with Crippen molar-refractivity contribution in [2.24, 2.45) is 0 Å². The number of hydrogen-bond donors (Lipinski definition) is 1. The summed E-state index contributed by atoms with van der Waals surface area (Å²) in [5.74, 6) is 0.876. The van der Waals surface area contributed by atoms with Gasteiger partial charge in [0.15, 0.2) is 0 Å². The fourth-order valence-electron chi connectivity index (χ4n) is 3.27. The SMILES string of the molecule is Cc1cc(Cl)ccc1OCCCC(=O)NCC(c1cccs1)N1CCOCC1. The lowest BCUT2D eigenvalue weighted by Crippen LogP contribution is -2.43. The highest BCUT2D eigenvalue weighted by molar-refractivity contribution is 7.10. The maximum atomic E-state index is 12.3. The molecule has 1 unspecified atom stereocenters. The summed E-state index contributed by atoms with van der Waals surface area (Å²) < 4.78 is 11.2. The van der Waals surface area contributed by atoms with E-state index in [0.29, 0.717) is 31.0 Å². The Balaban J connectivity index is 1.42. The molecule has 1 saturated heterocycles. The van der Waals surface area contributed by atoms with Gasteiger partial charge < -0.3 is 14.8 Å². The second kappa shape index (κ2) is 10.8. The summed E-state index contributed by atoms with van der Waals surface area (Å²) in [6.45, 7) is 6.38. The number of thiophene rings is 1. The van der Waals surface area contributed by atoms with Crippen molar-refractivity contribution in [1.82, 2.24) is 10.2 Å². The van der Waals surface area contributed by atoms with Crippen LogP contribution in [-0.2, 0) is 9.53 Å². The molecular formula is C21H27ClN2O3S. The average Bonchev–Trinajstić information content (AvgIpc) is 3.22. The Labute approximate surface area is 175 Å². The molecule has 0 spiro atoms. The Bertz CT molecular complexity index is 748. The summed E-state index contributed by atoms with van der Waals surface area (Å²) in [6.07, 6.45) is 1.13. The summed E-state index contributed by atoms with van der Waals surface area (Å²) in [5.41, 5.74) is 1.00. The van der Waals surface area contributed by atoms with Crippen molar-refractivity contribution in [2.45, 2.75) is 25.8 Å². The number of rotatable bonds is 9. The van der Waals surface area contributed by atoms with Crippen LogP contribution in [0.3, 0.4) is 0 Å². The van der Waals surface area contributed by atoms with Gasteiger partial charge in [-0.2, -0.15) is 0 Å². The van der Waals surface area contributed by atoms with E-state index in [1.54, 1.807) is 11.3 Å². The zero-order valence-electron chi connectivity index (χ0n) is 16.2. The van der Waals surface area contributed by atoms with Crippen molar-refractivity contribution in [3.63, 3.8) is 0 Å². The van der Waals surface area contributed by atoms with Gasteiger partial charge in [0.1, 0.15) is 5.75 Å². The normalized spacial score (nSPS) is 15.9. The van der Waals surface area contributed by atoms with E-state index in [1.807, 2.05) is 25.1 Å². The number of carbonyl (C=O) groups excluding carboxylic acids is 1. The first-order chi connectivity index (χ1) is 13.6. The number of halogens is 1. The highest BCUT2D eigenvalue weighted by Gasteiger charge is 2.23. The van der Waals surface area contributed by atoms with Gasteiger partial charge in [0.2, 0.25) is 5.91 Å². The summed E-state index contributed by atoms with van der Waals surface area (Å²) in [6, 6.07) is 9.96. The van der Waals surface area contributed by atoms with Crippen LogP contribution in [0.1, 0.15) is 29.3 Å². The van der Waals surface area contributed by atoms with Gasteiger partial charge in [-0.3, -0.25) is 9.69 Å². The van der Waals surface area contributed by atoms with Crippen LogP contribution in [0.15, 0.2) is 35.7 Å². The Hall–Kier alpha value is -1.60. The molecule has 1 aromatic carbocycles. The van der Waals surface area contributed by atoms with Crippen LogP contribution in [0.2, 0.25) is 5.02 Å². The molecule has 1 aromatic heterocycles. The topological polar surface area (TPSA) is 50.8 Å². The lowest BCUT2D eigenvalue weighted by Gasteiger charge is -2.34. The van der Waals surface area contributed by atoms with Crippen molar-refractivity contribution in [3.05, 3.63) is 51.2 Å². The lowest BCUT2D eigenvalue weighted by atomic mass is 10.2. The molecule has 2 heterocycles. The van der Waals surface area contributed by atoms with Gasteiger partial charge in [-0.1, -0.05) is 17.7 Å². The number of benzene rings is 1. The van der Waals surface area contributed by atoms with Gasteiger partial charge in [-0.25, -0.2) is 0 Å². The summed E-state index contributed by atoms with van der Waals surface area (Å²) in [4.78, 5) is 16.0. The second-order valence-electron chi connectivity index (χ2n) is 6.85. The number of nitrogens with one attached hydrogen (secondary N) is 1. The molecule has 0 aliphatic carbocycles. The number of aryl methyl sites for hydroxylation is 1. The number of ether oxygens (including phenoxy) is 2. The molecule has 1 fully saturated rings. The van der Waals surface area contributed by atoms with Crippen LogP contribution in [0.25, 0.3) is 0 Å². The van der Waals surface area contributed by atoms with E-state index >= 15 is 0 Å². The molecule has 1 N–H and O–H groups in total. The zero-order chi connectivity index (χ0) is 19.8. The second-order valence-corrected chi connectivity index (χ2v) is 8.26. The number of amides is 1. The Morgan fingerprint density at radius 2 is 2.18 bits per heavy atom. The monoisotopic (exact) mass is 422 g/mol. The van der Waals surface area contributed by atoms with Crippen LogP contribution in [0.5, 0.6) is 5.75 Å². The predicted octanol–water partition coefficient (Wildman–Crippen LogP) is 4.06. The first-order valence-corrected chi connectivity index (χ1v) is 10.9. The third-order valence-electron chi connectivity index (χ3n) is 4.79. The van der Waals surface area contributed by atoms with Gasteiger partial charge in [0.05, 0.1) is 25.9 Å². The molecule has 0 saturated carbocycles. The maximum absolute atomic E-state index is 12.3. The maximum Gasteiger partial charge on any atom is 0.220 e. The molecule has 0 radical (unpaired) electrons. The molecule has 7 heteroatoms. The number of hydrogen-bond acceptors (Lipinski definition) is 5. The molecule has 28 heavy (non-hydrogen) atoms.